The van der Waals surface area contributed by atoms with Gasteiger partial charge in [0.1, 0.15) is 0 Å². The molecule has 118 valence electrons. The third-order valence-electron chi connectivity index (χ3n) is 2.79. The van der Waals surface area contributed by atoms with Crippen molar-refractivity contribution in [3.63, 3.8) is 0 Å². The summed E-state index contributed by atoms with van der Waals surface area (Å²) in [4.78, 5) is 22.6. The summed E-state index contributed by atoms with van der Waals surface area (Å²) in [6, 6.07) is 7.44. The van der Waals surface area contributed by atoms with E-state index in [2.05, 4.69) is 0 Å². The molecule has 0 spiro atoms. The maximum Gasteiger partial charge on any atom is 0.330 e. The Bertz CT molecular complexity index is 527. The molecule has 0 atom stereocenters. The molecule has 0 aliphatic heterocycles. The van der Waals surface area contributed by atoms with Crippen LogP contribution in [0.3, 0.4) is 0 Å². The van der Waals surface area contributed by atoms with Gasteiger partial charge in [0.2, 0.25) is 0 Å². The van der Waals surface area contributed by atoms with Crippen LogP contribution in [0.5, 0.6) is 0 Å². The van der Waals surface area contributed by atoms with Crippen LogP contribution in [0.15, 0.2) is 36.4 Å². The molecule has 1 rings (SSSR count). The van der Waals surface area contributed by atoms with E-state index in [1.165, 1.54) is 12.2 Å². The van der Waals surface area contributed by atoms with Gasteiger partial charge in [-0.3, -0.25) is 0 Å². The molecule has 4 nitrogen and oxygen atoms in total. The fourth-order valence-corrected chi connectivity index (χ4v) is 1.60. The number of rotatable bonds is 8. The highest BCUT2D eigenvalue weighted by molar-refractivity contribution is 5.88. The molecule has 0 unspecified atom stereocenters. The molecule has 1 aromatic rings. The Kier molecular flexibility index (Phi) is 8.35. The summed E-state index contributed by atoms with van der Waals surface area (Å²) in [7, 11) is 0. The average molecular weight is 302 g/mol. The second-order valence-corrected chi connectivity index (χ2v) is 4.61. The summed E-state index contributed by atoms with van der Waals surface area (Å²) >= 11 is 0. The molecule has 0 aliphatic rings. The predicted octanol–water partition coefficient (Wildman–Crippen LogP) is 3.62. The van der Waals surface area contributed by atoms with Crippen LogP contribution in [-0.2, 0) is 19.1 Å². The van der Waals surface area contributed by atoms with E-state index in [0.717, 1.165) is 24.0 Å². The SMILES string of the molecule is CCCCOC(=O)/C=C/c1ccc(/C=C/C(=O)OCC)cc1. The van der Waals surface area contributed by atoms with Gasteiger partial charge in [-0.15, -0.1) is 0 Å². The van der Waals surface area contributed by atoms with Gasteiger partial charge in [0, 0.05) is 12.2 Å². The average Bonchev–Trinajstić information content (AvgIpc) is 2.52. The highest BCUT2D eigenvalue weighted by Crippen LogP contribution is 2.08. The molecule has 0 N–H and O–H groups in total. The minimum Gasteiger partial charge on any atom is -0.463 e. The van der Waals surface area contributed by atoms with Gasteiger partial charge in [0.25, 0.3) is 0 Å². The van der Waals surface area contributed by atoms with Crippen LogP contribution in [0.4, 0.5) is 0 Å². The van der Waals surface area contributed by atoms with E-state index in [9.17, 15) is 9.59 Å². The predicted molar refractivity (Wildman–Crippen MR) is 87.0 cm³/mol. The summed E-state index contributed by atoms with van der Waals surface area (Å²) in [6.07, 6.45) is 8.06. The minimum absolute atomic E-state index is 0.334. The Morgan fingerprint density at radius 2 is 1.41 bits per heavy atom. The molecule has 22 heavy (non-hydrogen) atoms. The van der Waals surface area contributed by atoms with Crippen molar-refractivity contribution in [3.05, 3.63) is 47.5 Å². The summed E-state index contributed by atoms with van der Waals surface area (Å²) in [6.45, 7) is 4.63. The van der Waals surface area contributed by atoms with Crippen LogP contribution in [0.1, 0.15) is 37.8 Å². The van der Waals surface area contributed by atoms with Gasteiger partial charge >= 0.3 is 11.9 Å². The molecule has 0 saturated carbocycles. The van der Waals surface area contributed by atoms with Gasteiger partial charge in [0.05, 0.1) is 13.2 Å². The van der Waals surface area contributed by atoms with Crippen molar-refractivity contribution in [2.24, 2.45) is 0 Å². The highest BCUT2D eigenvalue weighted by Gasteiger charge is 1.97. The number of unbranched alkanes of at least 4 members (excludes halogenated alkanes) is 1. The van der Waals surface area contributed by atoms with Crippen molar-refractivity contribution >= 4 is 24.1 Å². The van der Waals surface area contributed by atoms with E-state index < -0.39 is 0 Å². The first kappa shape index (κ1) is 17.7. The molecule has 0 radical (unpaired) electrons. The Hall–Kier alpha value is -2.36. The third-order valence-corrected chi connectivity index (χ3v) is 2.79. The quantitative estimate of drug-likeness (QED) is 0.418. The normalized spacial score (nSPS) is 11.0. The second-order valence-electron chi connectivity index (χ2n) is 4.61. The van der Waals surface area contributed by atoms with Crippen molar-refractivity contribution < 1.29 is 19.1 Å². The number of carbonyl (C=O) groups excluding carboxylic acids is 2. The van der Waals surface area contributed by atoms with E-state index in [0.29, 0.717) is 13.2 Å². The number of esters is 2. The molecule has 0 fully saturated rings. The summed E-state index contributed by atoms with van der Waals surface area (Å²) in [5.74, 6) is -0.693. The van der Waals surface area contributed by atoms with Crippen molar-refractivity contribution in [2.75, 3.05) is 13.2 Å². The van der Waals surface area contributed by atoms with Crippen LogP contribution < -0.4 is 0 Å². The van der Waals surface area contributed by atoms with Gasteiger partial charge in [-0.1, -0.05) is 37.6 Å². The van der Waals surface area contributed by atoms with E-state index in [1.54, 1.807) is 19.1 Å². The molecule has 0 aliphatic carbocycles. The maximum atomic E-state index is 11.4. The lowest BCUT2D eigenvalue weighted by Crippen LogP contribution is -2.01. The lowest BCUT2D eigenvalue weighted by molar-refractivity contribution is -0.138. The summed E-state index contributed by atoms with van der Waals surface area (Å²) in [5.41, 5.74) is 1.77. The molecular formula is C18H22O4. The smallest absolute Gasteiger partial charge is 0.330 e. The van der Waals surface area contributed by atoms with Crippen LogP contribution in [0, 0.1) is 0 Å². The Morgan fingerprint density at radius 3 is 1.86 bits per heavy atom. The third kappa shape index (κ3) is 7.43. The largest absolute Gasteiger partial charge is 0.463 e. The Labute approximate surface area is 131 Å². The lowest BCUT2D eigenvalue weighted by Gasteiger charge is -1.99. The zero-order valence-corrected chi connectivity index (χ0v) is 13.1. The molecule has 0 heterocycles. The first-order valence-electron chi connectivity index (χ1n) is 7.45. The molecule has 0 amide bonds. The Morgan fingerprint density at radius 1 is 0.909 bits per heavy atom. The number of hydrogen-bond donors (Lipinski definition) is 0. The maximum absolute atomic E-state index is 11.4. The van der Waals surface area contributed by atoms with Crippen LogP contribution in [0.25, 0.3) is 12.2 Å². The van der Waals surface area contributed by atoms with Crippen molar-refractivity contribution in [3.8, 4) is 0 Å². The molecule has 0 aromatic heterocycles. The summed E-state index contributed by atoms with van der Waals surface area (Å²) < 4.78 is 9.83. The molecular weight excluding hydrogens is 280 g/mol. The van der Waals surface area contributed by atoms with E-state index in [-0.39, 0.29) is 11.9 Å². The molecule has 0 saturated heterocycles. The first-order valence-corrected chi connectivity index (χ1v) is 7.45. The van der Waals surface area contributed by atoms with Gasteiger partial charge in [0.15, 0.2) is 0 Å². The topological polar surface area (TPSA) is 52.6 Å². The van der Waals surface area contributed by atoms with Gasteiger partial charge in [-0.05, 0) is 36.6 Å². The van der Waals surface area contributed by atoms with Gasteiger partial charge in [-0.25, -0.2) is 9.59 Å². The second kappa shape index (κ2) is 10.4. The number of ether oxygens (including phenoxy) is 2. The van der Waals surface area contributed by atoms with E-state index in [4.69, 9.17) is 9.47 Å². The van der Waals surface area contributed by atoms with Crippen LogP contribution >= 0.6 is 0 Å². The van der Waals surface area contributed by atoms with Gasteiger partial charge in [-0.2, -0.15) is 0 Å². The molecule has 1 aromatic carbocycles. The first-order chi connectivity index (χ1) is 10.7. The monoisotopic (exact) mass is 302 g/mol. The van der Waals surface area contributed by atoms with Gasteiger partial charge < -0.3 is 9.47 Å². The van der Waals surface area contributed by atoms with Crippen LogP contribution in [-0.4, -0.2) is 25.2 Å². The standard InChI is InChI=1S/C18H22O4/c1-3-5-14-22-18(20)13-11-16-8-6-15(7-9-16)10-12-17(19)21-4-2/h6-13H,3-5,14H2,1-2H3/b12-10+,13-11+. The van der Waals surface area contributed by atoms with E-state index in [1.807, 2.05) is 31.2 Å². The van der Waals surface area contributed by atoms with E-state index >= 15 is 0 Å². The summed E-state index contributed by atoms with van der Waals surface area (Å²) in [5, 5.41) is 0. The number of benzene rings is 1. The zero-order chi connectivity index (χ0) is 16.2. The number of hydrogen-bond acceptors (Lipinski definition) is 4. The fourth-order valence-electron chi connectivity index (χ4n) is 1.60. The Balaban J connectivity index is 2.50. The zero-order valence-electron chi connectivity index (χ0n) is 13.1. The van der Waals surface area contributed by atoms with Crippen molar-refractivity contribution in [1.29, 1.82) is 0 Å². The molecule has 4 heteroatoms. The highest BCUT2D eigenvalue weighted by atomic mass is 16.5. The fraction of sp³-hybridized carbons (Fsp3) is 0.333. The van der Waals surface area contributed by atoms with Crippen molar-refractivity contribution in [2.45, 2.75) is 26.7 Å². The molecule has 0 bridgehead atoms. The number of carbonyl (C=O) groups is 2. The van der Waals surface area contributed by atoms with Crippen LogP contribution in [0.2, 0.25) is 0 Å². The van der Waals surface area contributed by atoms with Crippen molar-refractivity contribution in [1.82, 2.24) is 0 Å². The lowest BCUT2D eigenvalue weighted by atomic mass is 10.1. The minimum atomic E-state index is -0.360.